The van der Waals surface area contributed by atoms with Crippen LogP contribution in [-0.4, -0.2) is 20.8 Å². The van der Waals surface area contributed by atoms with Gasteiger partial charge in [0.25, 0.3) is 10.0 Å². The first kappa shape index (κ1) is 26.6. The summed E-state index contributed by atoms with van der Waals surface area (Å²) in [6, 6.07) is 29.2. The number of aromatic nitrogens is 1. The minimum Gasteiger partial charge on any atom is -0.241 e. The van der Waals surface area contributed by atoms with Crippen LogP contribution in [0.3, 0.4) is 0 Å². The number of hydrogen-bond donors (Lipinski definition) is 1. The average molecular weight is 557 g/mol. The topological polar surface area (TPSA) is 85.2 Å². The predicted molar refractivity (Wildman–Crippen MR) is 155 cm³/mol. The van der Waals surface area contributed by atoms with Crippen molar-refractivity contribution in [3.8, 4) is 0 Å². The molecule has 0 saturated carbocycles. The van der Waals surface area contributed by atoms with Crippen LogP contribution >= 0.6 is 0 Å². The fourth-order valence-electron chi connectivity index (χ4n) is 4.36. The fourth-order valence-corrected chi connectivity index (χ4v) is 6.92. The summed E-state index contributed by atoms with van der Waals surface area (Å²) in [7, 11) is -7.68. The van der Waals surface area contributed by atoms with Crippen LogP contribution in [0.25, 0.3) is 17.0 Å². The molecule has 1 atom stereocenters. The summed E-state index contributed by atoms with van der Waals surface area (Å²) < 4.78 is 57.6. The first-order valence-corrected chi connectivity index (χ1v) is 15.3. The van der Waals surface area contributed by atoms with E-state index >= 15 is 0 Å². The van der Waals surface area contributed by atoms with Gasteiger partial charge < -0.3 is 0 Å². The van der Waals surface area contributed by atoms with Gasteiger partial charge in [-0.25, -0.2) is 20.8 Å². The molecule has 0 spiro atoms. The Morgan fingerprint density at radius 3 is 1.90 bits per heavy atom. The summed E-state index contributed by atoms with van der Waals surface area (Å²) in [5, 5.41) is 0.734. The minimum absolute atomic E-state index is 0.170. The Morgan fingerprint density at radius 2 is 1.26 bits per heavy atom. The summed E-state index contributed by atoms with van der Waals surface area (Å²) in [4.78, 5) is 0.362. The summed E-state index contributed by atoms with van der Waals surface area (Å²) in [6.45, 7) is 3.80. The number of nitrogens with one attached hydrogen (secondary N) is 1. The Bertz CT molecular complexity index is 1860. The number of fused-ring (bicyclic) bond motifs is 1. The van der Waals surface area contributed by atoms with Crippen molar-refractivity contribution >= 4 is 37.0 Å². The van der Waals surface area contributed by atoms with E-state index in [2.05, 4.69) is 4.72 Å². The van der Waals surface area contributed by atoms with E-state index in [-0.39, 0.29) is 9.79 Å². The number of benzene rings is 4. The Hall–Kier alpha value is -3.98. The molecule has 5 aromatic rings. The van der Waals surface area contributed by atoms with Gasteiger partial charge in [-0.1, -0.05) is 96.1 Å². The molecule has 0 saturated heterocycles. The van der Waals surface area contributed by atoms with Crippen LogP contribution in [0.5, 0.6) is 0 Å². The normalized spacial score (nSPS) is 13.2. The zero-order valence-corrected chi connectivity index (χ0v) is 23.2. The van der Waals surface area contributed by atoms with E-state index in [4.69, 9.17) is 0 Å². The quantitative estimate of drug-likeness (QED) is 0.246. The van der Waals surface area contributed by atoms with Gasteiger partial charge in [0.1, 0.15) is 0 Å². The number of rotatable bonds is 8. The van der Waals surface area contributed by atoms with E-state index in [9.17, 15) is 16.8 Å². The van der Waals surface area contributed by atoms with Crippen LogP contribution in [0.2, 0.25) is 0 Å². The smallest absolute Gasteiger partial charge is 0.241 e. The van der Waals surface area contributed by atoms with Gasteiger partial charge in [0, 0.05) is 17.1 Å². The number of para-hydroxylation sites is 1. The largest absolute Gasteiger partial charge is 0.268 e. The van der Waals surface area contributed by atoms with Crippen molar-refractivity contribution in [2.24, 2.45) is 0 Å². The molecule has 1 aromatic heterocycles. The highest BCUT2D eigenvalue weighted by Crippen LogP contribution is 2.28. The first-order valence-electron chi connectivity index (χ1n) is 12.4. The molecule has 198 valence electrons. The van der Waals surface area contributed by atoms with Crippen molar-refractivity contribution in [1.29, 1.82) is 0 Å². The molecule has 0 fully saturated rings. The lowest BCUT2D eigenvalue weighted by molar-refractivity contribution is 0.574. The molecule has 4 aromatic carbocycles. The van der Waals surface area contributed by atoms with Crippen LogP contribution in [-0.2, 0) is 20.0 Å². The van der Waals surface area contributed by atoms with E-state index in [0.29, 0.717) is 11.1 Å². The molecular weight excluding hydrogens is 528 g/mol. The highest BCUT2D eigenvalue weighted by atomic mass is 32.2. The molecule has 5 rings (SSSR count). The molecule has 1 N–H and O–H groups in total. The fraction of sp³-hybridized carbons (Fsp3) is 0.0968. The first-order chi connectivity index (χ1) is 18.6. The van der Waals surface area contributed by atoms with Crippen LogP contribution in [0.4, 0.5) is 0 Å². The summed E-state index contributed by atoms with van der Waals surface area (Å²) >= 11 is 0. The van der Waals surface area contributed by atoms with Gasteiger partial charge in [-0.05, 0) is 49.7 Å². The molecule has 0 bridgehead atoms. The van der Waals surface area contributed by atoms with Crippen LogP contribution in [0.15, 0.2) is 125 Å². The zero-order chi connectivity index (χ0) is 27.6. The van der Waals surface area contributed by atoms with Gasteiger partial charge in [0.2, 0.25) is 10.0 Å². The highest BCUT2D eigenvalue weighted by molar-refractivity contribution is 7.90. The zero-order valence-electron chi connectivity index (χ0n) is 21.5. The second-order valence-electron chi connectivity index (χ2n) is 9.40. The standard InChI is InChI=1S/C31H28N2O4S2/c1-23-12-17-27(18-13-23)38(34,35)32-30(25-8-4-3-5-9-25)21-16-26-22-33(31-11-7-6-10-29(26)31)39(36,37)28-19-14-24(2)15-20-28/h3-22,30,32H,1-2H3/b21-16+/t30-/m1/s1. The molecule has 6 nitrogen and oxygen atoms in total. The molecule has 8 heteroatoms. The van der Waals surface area contributed by atoms with E-state index in [0.717, 1.165) is 22.1 Å². The number of aryl methyl sites for hydroxylation is 2. The Labute approximate surface area is 229 Å². The van der Waals surface area contributed by atoms with Gasteiger partial charge in [0.05, 0.1) is 21.3 Å². The predicted octanol–water partition coefficient (Wildman–Crippen LogP) is 6.23. The van der Waals surface area contributed by atoms with Crippen molar-refractivity contribution in [3.05, 3.63) is 138 Å². The van der Waals surface area contributed by atoms with Crippen LogP contribution in [0, 0.1) is 13.8 Å². The second-order valence-corrected chi connectivity index (χ2v) is 12.9. The van der Waals surface area contributed by atoms with Gasteiger partial charge in [-0.15, -0.1) is 0 Å². The number of nitrogens with zero attached hydrogens (tertiary/aromatic N) is 1. The maximum Gasteiger partial charge on any atom is 0.268 e. The lowest BCUT2D eigenvalue weighted by Crippen LogP contribution is -2.27. The maximum absolute atomic E-state index is 13.5. The van der Waals surface area contributed by atoms with Crippen molar-refractivity contribution in [1.82, 2.24) is 8.69 Å². The number of sulfonamides is 1. The molecule has 0 radical (unpaired) electrons. The molecule has 0 aliphatic heterocycles. The van der Waals surface area contributed by atoms with Gasteiger partial charge >= 0.3 is 0 Å². The van der Waals surface area contributed by atoms with E-state index < -0.39 is 26.1 Å². The highest BCUT2D eigenvalue weighted by Gasteiger charge is 2.22. The van der Waals surface area contributed by atoms with Gasteiger partial charge in [0.15, 0.2) is 0 Å². The van der Waals surface area contributed by atoms with E-state index in [1.54, 1.807) is 79.0 Å². The molecule has 0 amide bonds. The summed E-state index contributed by atoms with van der Waals surface area (Å²) in [5.41, 5.74) is 3.87. The molecule has 39 heavy (non-hydrogen) atoms. The lowest BCUT2D eigenvalue weighted by atomic mass is 10.1. The average Bonchev–Trinajstić information content (AvgIpc) is 3.31. The third kappa shape index (κ3) is 5.59. The van der Waals surface area contributed by atoms with Crippen molar-refractivity contribution in [2.45, 2.75) is 29.7 Å². The van der Waals surface area contributed by atoms with Gasteiger partial charge in [-0.2, -0.15) is 4.72 Å². The second kappa shape index (κ2) is 10.6. The summed E-state index contributed by atoms with van der Waals surface area (Å²) in [5.74, 6) is 0. The van der Waals surface area contributed by atoms with E-state index in [1.807, 2.05) is 56.3 Å². The maximum atomic E-state index is 13.5. The Balaban J connectivity index is 1.56. The molecular formula is C31H28N2O4S2. The van der Waals surface area contributed by atoms with E-state index in [1.165, 1.54) is 3.97 Å². The number of hydrogen-bond acceptors (Lipinski definition) is 4. The monoisotopic (exact) mass is 556 g/mol. The Morgan fingerprint density at radius 1 is 0.692 bits per heavy atom. The van der Waals surface area contributed by atoms with Crippen molar-refractivity contribution in [3.63, 3.8) is 0 Å². The van der Waals surface area contributed by atoms with Crippen LogP contribution in [0.1, 0.15) is 28.3 Å². The SMILES string of the molecule is Cc1ccc(S(=O)(=O)N[C@H](/C=C/c2cn(S(=O)(=O)c3ccc(C)cc3)c3ccccc23)c2ccccc2)cc1. The van der Waals surface area contributed by atoms with Gasteiger partial charge in [-0.3, -0.25) is 0 Å². The molecule has 1 heterocycles. The molecule has 0 unspecified atom stereocenters. The minimum atomic E-state index is -3.85. The third-order valence-electron chi connectivity index (χ3n) is 6.53. The lowest BCUT2D eigenvalue weighted by Gasteiger charge is -2.16. The molecule has 0 aliphatic carbocycles. The van der Waals surface area contributed by atoms with Crippen molar-refractivity contribution < 1.29 is 16.8 Å². The summed E-state index contributed by atoms with van der Waals surface area (Å²) in [6.07, 6.45) is 5.08. The third-order valence-corrected chi connectivity index (χ3v) is 9.67. The molecule has 0 aliphatic rings. The van der Waals surface area contributed by atoms with Crippen LogP contribution < -0.4 is 4.72 Å². The Kier molecular flexibility index (Phi) is 7.27. The van der Waals surface area contributed by atoms with Crippen molar-refractivity contribution in [2.75, 3.05) is 0 Å².